The Labute approximate surface area is 156 Å². The molecular formula is C20H17N3O2S. The first-order valence-electron chi connectivity index (χ1n) is 8.02. The van der Waals surface area contributed by atoms with Crippen LogP contribution < -0.4 is 10.1 Å². The molecule has 0 saturated heterocycles. The topological polar surface area (TPSA) is 75.0 Å². The third-order valence-electron chi connectivity index (χ3n) is 3.78. The molecule has 0 spiro atoms. The molecule has 130 valence electrons. The van der Waals surface area contributed by atoms with Crippen molar-refractivity contribution in [2.45, 2.75) is 11.6 Å². The van der Waals surface area contributed by atoms with E-state index in [1.54, 1.807) is 13.2 Å². The van der Waals surface area contributed by atoms with Crippen molar-refractivity contribution in [3.63, 3.8) is 0 Å². The summed E-state index contributed by atoms with van der Waals surface area (Å²) >= 11 is 1.26. The summed E-state index contributed by atoms with van der Waals surface area (Å²) in [5, 5.41) is 13.6. The lowest BCUT2D eigenvalue weighted by molar-refractivity contribution is -0.118. The number of hydrogen-bond donors (Lipinski definition) is 1. The number of ether oxygens (including phenoxy) is 1. The van der Waals surface area contributed by atoms with E-state index in [-0.39, 0.29) is 11.7 Å². The fourth-order valence-corrected chi connectivity index (χ4v) is 3.22. The van der Waals surface area contributed by atoms with Crippen molar-refractivity contribution in [3.8, 4) is 11.8 Å². The van der Waals surface area contributed by atoms with E-state index >= 15 is 0 Å². The van der Waals surface area contributed by atoms with Crippen LogP contribution >= 0.6 is 11.8 Å². The predicted molar refractivity (Wildman–Crippen MR) is 102 cm³/mol. The lowest BCUT2D eigenvalue weighted by Gasteiger charge is -2.08. The minimum Gasteiger partial charge on any atom is -0.497 e. The fraction of sp³-hybridized carbons (Fsp3) is 0.150. The molecule has 26 heavy (non-hydrogen) atoms. The SMILES string of the molecule is COc1ccc2cc(C#N)c(SCC(=O)NCc3ccccc3)nc2c1. The van der Waals surface area contributed by atoms with Crippen molar-refractivity contribution < 1.29 is 9.53 Å². The number of carbonyl (C=O) groups is 1. The van der Waals surface area contributed by atoms with Gasteiger partial charge in [-0.1, -0.05) is 42.1 Å². The molecule has 3 aromatic rings. The van der Waals surface area contributed by atoms with Crippen LogP contribution in [0.4, 0.5) is 0 Å². The lowest BCUT2D eigenvalue weighted by atomic mass is 10.1. The summed E-state index contributed by atoms with van der Waals surface area (Å²) in [6.45, 7) is 0.480. The number of benzene rings is 2. The van der Waals surface area contributed by atoms with Crippen molar-refractivity contribution in [1.82, 2.24) is 10.3 Å². The van der Waals surface area contributed by atoms with E-state index in [2.05, 4.69) is 16.4 Å². The van der Waals surface area contributed by atoms with Gasteiger partial charge in [-0.2, -0.15) is 5.26 Å². The van der Waals surface area contributed by atoms with Crippen molar-refractivity contribution in [1.29, 1.82) is 5.26 Å². The molecule has 0 aliphatic heterocycles. The summed E-state index contributed by atoms with van der Waals surface area (Å²) in [7, 11) is 1.59. The molecule has 0 unspecified atom stereocenters. The third-order valence-corrected chi connectivity index (χ3v) is 4.77. The zero-order chi connectivity index (χ0) is 18.4. The summed E-state index contributed by atoms with van der Waals surface area (Å²) in [4.78, 5) is 16.6. The largest absolute Gasteiger partial charge is 0.497 e. The van der Waals surface area contributed by atoms with Crippen molar-refractivity contribution in [3.05, 3.63) is 65.7 Å². The Morgan fingerprint density at radius 2 is 2.04 bits per heavy atom. The minimum absolute atomic E-state index is 0.102. The minimum atomic E-state index is -0.102. The van der Waals surface area contributed by atoms with Crippen molar-refractivity contribution in [2.75, 3.05) is 12.9 Å². The normalized spacial score (nSPS) is 10.3. The highest BCUT2D eigenvalue weighted by molar-refractivity contribution is 8.00. The monoisotopic (exact) mass is 363 g/mol. The van der Waals surface area contributed by atoms with Crippen LogP contribution in [0.1, 0.15) is 11.1 Å². The van der Waals surface area contributed by atoms with E-state index < -0.39 is 0 Å². The van der Waals surface area contributed by atoms with Gasteiger partial charge in [-0.05, 0) is 23.8 Å². The Balaban J connectivity index is 1.69. The van der Waals surface area contributed by atoms with Crippen molar-refractivity contribution in [2.24, 2.45) is 0 Å². The second-order valence-electron chi connectivity index (χ2n) is 5.56. The highest BCUT2D eigenvalue weighted by Crippen LogP contribution is 2.26. The van der Waals surface area contributed by atoms with Gasteiger partial charge in [0.2, 0.25) is 5.91 Å². The smallest absolute Gasteiger partial charge is 0.230 e. The number of aromatic nitrogens is 1. The fourth-order valence-electron chi connectivity index (χ4n) is 2.43. The van der Waals surface area contributed by atoms with E-state index in [4.69, 9.17) is 4.74 Å². The van der Waals surface area contributed by atoms with Gasteiger partial charge in [-0.3, -0.25) is 4.79 Å². The average Bonchev–Trinajstić information content (AvgIpc) is 2.70. The number of rotatable bonds is 6. The number of nitrogens with zero attached hydrogens (tertiary/aromatic N) is 2. The van der Waals surface area contributed by atoms with Crippen LogP contribution in [-0.2, 0) is 11.3 Å². The molecule has 1 heterocycles. The van der Waals surface area contributed by atoms with Crippen LogP contribution in [0.3, 0.4) is 0 Å². The Morgan fingerprint density at radius 1 is 1.23 bits per heavy atom. The van der Waals surface area contributed by atoms with Crippen LogP contribution in [0.15, 0.2) is 59.6 Å². The average molecular weight is 363 g/mol. The van der Waals surface area contributed by atoms with Crippen molar-refractivity contribution >= 4 is 28.6 Å². The number of hydrogen-bond acceptors (Lipinski definition) is 5. The van der Waals surface area contributed by atoms with E-state index in [1.165, 1.54) is 11.8 Å². The number of pyridine rings is 1. The molecule has 0 bridgehead atoms. The predicted octanol–water partition coefficient (Wildman–Crippen LogP) is 3.52. The second kappa shape index (κ2) is 8.37. The first-order chi connectivity index (χ1) is 12.7. The van der Waals surface area contributed by atoms with E-state index in [1.807, 2.05) is 48.5 Å². The number of methoxy groups -OCH3 is 1. The zero-order valence-corrected chi connectivity index (χ0v) is 15.0. The number of nitriles is 1. The van der Waals surface area contributed by atoms with Gasteiger partial charge in [0, 0.05) is 18.0 Å². The molecule has 1 aromatic heterocycles. The number of fused-ring (bicyclic) bond motifs is 1. The van der Waals surface area contributed by atoms with Gasteiger partial charge in [-0.15, -0.1) is 0 Å². The highest BCUT2D eigenvalue weighted by atomic mass is 32.2. The molecule has 0 radical (unpaired) electrons. The van der Waals surface area contributed by atoms with Gasteiger partial charge in [0.05, 0.1) is 23.9 Å². The molecule has 0 atom stereocenters. The first kappa shape index (κ1) is 17.8. The summed E-state index contributed by atoms with van der Waals surface area (Å²) < 4.78 is 5.21. The standard InChI is InChI=1S/C20H17N3O2S/c1-25-17-8-7-15-9-16(11-21)20(23-18(15)10-17)26-13-19(24)22-12-14-5-3-2-4-6-14/h2-10H,12-13H2,1H3,(H,22,24). The van der Waals surface area contributed by atoms with Gasteiger partial charge < -0.3 is 10.1 Å². The van der Waals surface area contributed by atoms with Crippen LogP contribution in [0.5, 0.6) is 5.75 Å². The maximum absolute atomic E-state index is 12.1. The number of carbonyl (C=O) groups excluding carboxylic acids is 1. The number of amides is 1. The third kappa shape index (κ3) is 4.32. The maximum Gasteiger partial charge on any atom is 0.230 e. The van der Waals surface area contributed by atoms with Crippen LogP contribution in [0, 0.1) is 11.3 Å². The summed E-state index contributed by atoms with van der Waals surface area (Å²) in [6.07, 6.45) is 0. The number of thioether (sulfide) groups is 1. The van der Waals surface area contributed by atoms with Gasteiger partial charge in [0.25, 0.3) is 0 Å². The summed E-state index contributed by atoms with van der Waals surface area (Å²) in [6, 6.07) is 19.2. The Morgan fingerprint density at radius 3 is 2.77 bits per heavy atom. The molecule has 2 aromatic carbocycles. The van der Waals surface area contributed by atoms with Gasteiger partial charge in [0.15, 0.2) is 0 Å². The quantitative estimate of drug-likeness (QED) is 0.678. The van der Waals surface area contributed by atoms with Gasteiger partial charge in [-0.25, -0.2) is 4.98 Å². The molecule has 1 N–H and O–H groups in total. The Bertz CT molecular complexity index is 968. The number of nitrogens with one attached hydrogen (secondary N) is 1. The molecule has 3 rings (SSSR count). The molecule has 1 amide bonds. The zero-order valence-electron chi connectivity index (χ0n) is 14.2. The molecule has 0 fully saturated rings. The summed E-state index contributed by atoms with van der Waals surface area (Å²) in [5.41, 5.74) is 2.23. The lowest BCUT2D eigenvalue weighted by Crippen LogP contribution is -2.24. The van der Waals surface area contributed by atoms with Gasteiger partial charge in [0.1, 0.15) is 16.8 Å². The molecule has 5 nitrogen and oxygen atoms in total. The van der Waals surface area contributed by atoms with Crippen LogP contribution in [-0.4, -0.2) is 23.8 Å². The Hall–Kier alpha value is -3.04. The van der Waals surface area contributed by atoms with Crippen LogP contribution in [0.25, 0.3) is 10.9 Å². The van der Waals surface area contributed by atoms with E-state index in [0.29, 0.717) is 22.9 Å². The van der Waals surface area contributed by atoms with Crippen LogP contribution in [0.2, 0.25) is 0 Å². The molecular weight excluding hydrogens is 346 g/mol. The molecule has 0 saturated carbocycles. The Kier molecular flexibility index (Phi) is 5.72. The second-order valence-corrected chi connectivity index (χ2v) is 6.53. The first-order valence-corrected chi connectivity index (χ1v) is 9.00. The molecule has 0 aliphatic carbocycles. The van der Waals surface area contributed by atoms with E-state index in [9.17, 15) is 10.1 Å². The highest BCUT2D eigenvalue weighted by Gasteiger charge is 2.11. The maximum atomic E-state index is 12.1. The molecule has 0 aliphatic rings. The summed E-state index contributed by atoms with van der Waals surface area (Å²) in [5.74, 6) is 0.797. The molecule has 6 heteroatoms. The van der Waals surface area contributed by atoms with E-state index in [0.717, 1.165) is 16.5 Å². The van der Waals surface area contributed by atoms with Gasteiger partial charge >= 0.3 is 0 Å².